The summed E-state index contributed by atoms with van der Waals surface area (Å²) in [6.45, 7) is -7.36. The summed E-state index contributed by atoms with van der Waals surface area (Å²) in [5, 5.41) is 0. The Morgan fingerprint density at radius 3 is 1.00 bits per heavy atom. The molecule has 386 valence electrons. The molecular formula is C38H74F10O13Si3. The van der Waals surface area contributed by atoms with Crippen molar-refractivity contribution in [1.29, 1.82) is 0 Å². The van der Waals surface area contributed by atoms with Crippen LogP contribution in [0.1, 0.15) is 96.3 Å². The second kappa shape index (κ2) is 30.1. The lowest BCUT2D eigenvalue weighted by atomic mass is 9.72. The Labute approximate surface area is 376 Å². The molecule has 0 atom stereocenters. The van der Waals surface area contributed by atoms with Crippen LogP contribution in [0.25, 0.3) is 0 Å². The van der Waals surface area contributed by atoms with Crippen LogP contribution in [0.15, 0.2) is 0 Å². The first kappa shape index (κ1) is 63.4. The first-order valence-corrected chi connectivity index (χ1v) is 26.8. The van der Waals surface area contributed by atoms with Crippen LogP contribution in [-0.4, -0.2) is 154 Å². The molecule has 0 radical (unpaired) electrons. The predicted octanol–water partition coefficient (Wildman–Crippen LogP) is 10.2. The minimum atomic E-state index is -5.21. The zero-order valence-electron chi connectivity index (χ0n) is 39.1. The van der Waals surface area contributed by atoms with Crippen LogP contribution in [0, 0.1) is 5.41 Å². The number of hydrogen-bond donors (Lipinski definition) is 0. The topological polar surface area (TPSA) is 120 Å². The summed E-state index contributed by atoms with van der Waals surface area (Å²) in [6.07, 6.45) is -8.59. The van der Waals surface area contributed by atoms with Gasteiger partial charge in [0.05, 0.1) is 0 Å². The number of ether oxygens (including phenoxy) is 4. The first-order chi connectivity index (χ1) is 29.8. The van der Waals surface area contributed by atoms with Crippen LogP contribution < -0.4 is 0 Å². The van der Waals surface area contributed by atoms with E-state index in [0.29, 0.717) is 38.1 Å². The van der Waals surface area contributed by atoms with Crippen LogP contribution in [0.4, 0.5) is 43.9 Å². The van der Waals surface area contributed by atoms with E-state index in [1.807, 2.05) is 0 Å². The largest absolute Gasteiger partial charge is 0.500 e. The van der Waals surface area contributed by atoms with E-state index in [9.17, 15) is 43.9 Å². The first-order valence-electron chi connectivity index (χ1n) is 21.0. The molecule has 0 aliphatic carbocycles. The van der Waals surface area contributed by atoms with Gasteiger partial charge in [-0.2, -0.15) is 26.3 Å². The van der Waals surface area contributed by atoms with E-state index in [0.717, 1.165) is 64.2 Å². The molecule has 0 saturated heterocycles. The molecular weight excluding hydrogens is 939 g/mol. The summed E-state index contributed by atoms with van der Waals surface area (Å²) in [4.78, 5) is 0. The molecule has 0 aromatic carbocycles. The van der Waals surface area contributed by atoms with Gasteiger partial charge in [-0.1, -0.05) is 32.1 Å². The van der Waals surface area contributed by atoms with Gasteiger partial charge in [-0.05, 0) is 56.8 Å². The molecule has 0 aromatic heterocycles. The van der Waals surface area contributed by atoms with Gasteiger partial charge >= 0.3 is 44.7 Å². The van der Waals surface area contributed by atoms with Crippen molar-refractivity contribution >= 4 is 26.4 Å². The number of methoxy groups -OCH3 is 1. The van der Waals surface area contributed by atoms with Gasteiger partial charge in [0.25, 0.3) is 11.8 Å². The number of alkyl halides is 10. The minimum absolute atomic E-state index is 0.0111. The Morgan fingerprint density at radius 2 is 0.641 bits per heavy atom. The monoisotopic (exact) mass is 1010 g/mol. The van der Waals surface area contributed by atoms with Crippen LogP contribution in [0.5, 0.6) is 0 Å². The molecule has 0 unspecified atom stereocenters. The van der Waals surface area contributed by atoms with Crippen molar-refractivity contribution in [3.8, 4) is 0 Å². The molecule has 0 aliphatic heterocycles. The van der Waals surface area contributed by atoms with Crippen molar-refractivity contribution in [2.45, 2.75) is 145 Å². The average molecular weight is 1010 g/mol. The van der Waals surface area contributed by atoms with Gasteiger partial charge in [-0.25, -0.2) is 17.6 Å². The zero-order chi connectivity index (χ0) is 49.2. The molecule has 0 rings (SSSR count). The zero-order valence-corrected chi connectivity index (χ0v) is 42.1. The van der Waals surface area contributed by atoms with Crippen LogP contribution >= 0.6 is 0 Å². The van der Waals surface area contributed by atoms with E-state index in [2.05, 4.69) is 18.9 Å². The summed E-state index contributed by atoms with van der Waals surface area (Å²) in [5.41, 5.74) is -0.160. The van der Waals surface area contributed by atoms with Gasteiger partial charge < -0.3 is 54.0 Å². The Bertz CT molecular complexity index is 1120. The lowest BCUT2D eigenvalue weighted by Gasteiger charge is -2.37. The standard InChI is InChI=1S/C38H74F10O13Si3/c1-49-37(45,46)31-60-30-35(41,42)28-36(43,44)61-38(47,48)32-59-29-34(39,40)24-16-14-12-11-13-15-20-33(21-17-25-62(50-2,51-3)52-4,22-18-26-63(53-5,54-6)55-7)23-19-27-64(56-8,57-9)58-10/h11-32H2,1-10H3. The summed E-state index contributed by atoms with van der Waals surface area (Å²) in [7, 11) is 6.09. The third kappa shape index (κ3) is 25.2. The van der Waals surface area contributed by atoms with Crippen molar-refractivity contribution in [2.75, 3.05) is 97.5 Å². The lowest BCUT2D eigenvalue weighted by Crippen LogP contribution is -2.43. The SMILES string of the molecule is COC(F)(F)COCC(F)(F)CC(F)(F)OC(F)(F)COCC(F)(F)CCCCCCCCC(CCC[Si](OC)(OC)OC)(CCC[Si](OC)(OC)OC)CCC[Si](OC)(OC)OC. The fraction of sp³-hybridized carbons (Fsp3) is 1.00. The summed E-state index contributed by atoms with van der Waals surface area (Å²) < 4.78 is 205. The van der Waals surface area contributed by atoms with E-state index in [1.54, 1.807) is 64.0 Å². The molecule has 26 heteroatoms. The fourth-order valence-corrected chi connectivity index (χ4v) is 12.6. The van der Waals surface area contributed by atoms with E-state index in [4.69, 9.17) is 39.8 Å². The van der Waals surface area contributed by atoms with Gasteiger partial charge in [0.15, 0.2) is 0 Å². The normalized spacial score (nSPS) is 14.2. The molecule has 64 heavy (non-hydrogen) atoms. The van der Waals surface area contributed by atoms with Crippen molar-refractivity contribution in [2.24, 2.45) is 5.41 Å². The molecule has 0 heterocycles. The summed E-state index contributed by atoms with van der Waals surface area (Å²) in [6, 6.07) is 1.80. The minimum Gasteiger partial charge on any atom is -0.377 e. The average Bonchev–Trinajstić information content (AvgIpc) is 3.23. The fourth-order valence-electron chi connectivity index (χ4n) is 7.45. The molecule has 0 bridgehead atoms. The maximum atomic E-state index is 14.5. The highest BCUT2D eigenvalue weighted by Crippen LogP contribution is 2.44. The molecule has 0 aromatic rings. The molecule has 0 fully saturated rings. The molecule has 13 nitrogen and oxygen atoms in total. The number of halogens is 10. The molecule has 0 N–H and O–H groups in total. The van der Waals surface area contributed by atoms with Gasteiger partial charge in [0.1, 0.15) is 32.8 Å². The smallest absolute Gasteiger partial charge is 0.377 e. The quantitative estimate of drug-likeness (QED) is 0.0328. The van der Waals surface area contributed by atoms with Crippen LogP contribution in [0.3, 0.4) is 0 Å². The van der Waals surface area contributed by atoms with Crippen molar-refractivity contribution in [3.63, 3.8) is 0 Å². The van der Waals surface area contributed by atoms with Gasteiger partial charge in [0.2, 0.25) is 0 Å². The molecule has 0 aliphatic rings. The van der Waals surface area contributed by atoms with E-state index >= 15 is 0 Å². The van der Waals surface area contributed by atoms with Crippen molar-refractivity contribution in [3.05, 3.63) is 0 Å². The Hall–Kier alpha value is -0.569. The summed E-state index contributed by atoms with van der Waals surface area (Å²) in [5.74, 6) is -8.19. The molecule has 0 saturated carbocycles. The highest BCUT2D eigenvalue weighted by Gasteiger charge is 2.52. The maximum Gasteiger partial charge on any atom is 0.500 e. The van der Waals surface area contributed by atoms with Gasteiger partial charge in [0, 0.05) is 95.7 Å². The lowest BCUT2D eigenvalue weighted by molar-refractivity contribution is -0.397. The maximum absolute atomic E-state index is 14.5. The Kier molecular flexibility index (Phi) is 29.9. The van der Waals surface area contributed by atoms with Crippen LogP contribution in [-0.2, 0) is 58.8 Å². The number of rotatable bonds is 43. The third-order valence-corrected chi connectivity index (χ3v) is 19.6. The van der Waals surface area contributed by atoms with Gasteiger partial charge in [-0.15, -0.1) is 0 Å². The van der Waals surface area contributed by atoms with Crippen LogP contribution in [0.2, 0.25) is 18.1 Å². The Morgan fingerprint density at radius 1 is 0.328 bits per heavy atom. The van der Waals surface area contributed by atoms with Gasteiger partial charge in [-0.3, -0.25) is 4.74 Å². The summed E-state index contributed by atoms with van der Waals surface area (Å²) >= 11 is 0. The third-order valence-electron chi connectivity index (χ3n) is 11.1. The van der Waals surface area contributed by atoms with E-state index < -0.39 is 95.9 Å². The van der Waals surface area contributed by atoms with E-state index in [1.165, 1.54) is 0 Å². The number of hydrogen-bond acceptors (Lipinski definition) is 13. The molecule has 0 spiro atoms. The van der Waals surface area contributed by atoms with Crippen molar-refractivity contribution in [1.82, 2.24) is 0 Å². The second-order valence-corrected chi connectivity index (χ2v) is 24.9. The molecule has 0 amide bonds. The number of unbranched alkanes of at least 4 members (excludes halogenated alkanes) is 5. The Balaban J connectivity index is 5.40. The predicted molar refractivity (Wildman–Crippen MR) is 221 cm³/mol. The van der Waals surface area contributed by atoms with Crippen molar-refractivity contribution < 1.29 is 103 Å². The highest BCUT2D eigenvalue weighted by molar-refractivity contribution is 6.61. The second-order valence-electron chi connectivity index (χ2n) is 15.7. The van der Waals surface area contributed by atoms with E-state index in [-0.39, 0.29) is 11.8 Å². The highest BCUT2D eigenvalue weighted by atomic mass is 28.4.